The van der Waals surface area contributed by atoms with Crippen LogP contribution in [0.25, 0.3) is 0 Å². The Hall–Kier alpha value is -1.26. The molecule has 0 saturated carbocycles. The summed E-state index contributed by atoms with van der Waals surface area (Å²) in [6, 6.07) is 1.68. The molecule has 1 aromatic carbocycles. The Morgan fingerprint density at radius 2 is 1.95 bits per heavy atom. The molecule has 1 aliphatic rings. The molecule has 1 unspecified atom stereocenters. The molecule has 0 radical (unpaired) electrons. The van der Waals surface area contributed by atoms with E-state index in [1.54, 1.807) is 13.0 Å². The monoisotopic (exact) mass is 329 g/mol. The molecule has 0 spiro atoms. The molecule has 2 rings (SSSR count). The van der Waals surface area contributed by atoms with Crippen molar-refractivity contribution in [3.8, 4) is 5.75 Å². The third kappa shape index (κ3) is 2.62. The fourth-order valence-corrected chi connectivity index (χ4v) is 2.79. The minimum absolute atomic E-state index is 0.0232. The second kappa shape index (κ2) is 5.50. The topological polar surface area (TPSA) is 69.4 Å². The van der Waals surface area contributed by atoms with Crippen LogP contribution in [0, 0.1) is 5.92 Å². The molecular formula is C15H17Cl2NO3. The molecule has 1 atom stereocenters. The molecule has 1 aromatic rings. The lowest BCUT2D eigenvalue weighted by molar-refractivity contribution is -0.135. The second-order valence-corrected chi connectivity index (χ2v) is 6.44. The van der Waals surface area contributed by atoms with E-state index in [9.17, 15) is 9.59 Å². The zero-order valence-corrected chi connectivity index (χ0v) is 13.6. The number of rotatable bonds is 4. The van der Waals surface area contributed by atoms with Crippen LogP contribution in [-0.2, 0) is 11.2 Å². The zero-order valence-electron chi connectivity index (χ0n) is 12.1. The number of hydrogen-bond acceptors (Lipinski definition) is 3. The van der Waals surface area contributed by atoms with Crippen LogP contribution in [0.5, 0.6) is 5.75 Å². The molecule has 0 aliphatic heterocycles. The van der Waals surface area contributed by atoms with Gasteiger partial charge in [-0.15, -0.1) is 0 Å². The van der Waals surface area contributed by atoms with E-state index in [0.717, 1.165) is 5.56 Å². The average Bonchev–Trinajstić information content (AvgIpc) is 2.76. The summed E-state index contributed by atoms with van der Waals surface area (Å²) in [5, 5.41) is 0.320. The first-order valence-corrected chi connectivity index (χ1v) is 7.47. The first-order chi connectivity index (χ1) is 9.68. The van der Waals surface area contributed by atoms with Gasteiger partial charge in [-0.25, -0.2) is 0 Å². The molecule has 0 bridgehead atoms. The van der Waals surface area contributed by atoms with Crippen LogP contribution in [0.4, 0.5) is 0 Å². The third-order valence-electron chi connectivity index (χ3n) is 4.07. The van der Waals surface area contributed by atoms with Crippen molar-refractivity contribution in [3.63, 3.8) is 0 Å². The van der Waals surface area contributed by atoms with Crippen LogP contribution in [0.2, 0.25) is 10.0 Å². The van der Waals surface area contributed by atoms with E-state index in [4.69, 9.17) is 33.7 Å². The Balaban J connectivity index is 2.50. The van der Waals surface area contributed by atoms with E-state index in [0.29, 0.717) is 18.4 Å². The summed E-state index contributed by atoms with van der Waals surface area (Å²) in [6.07, 6.45) is 1.00. The average molecular weight is 330 g/mol. The largest absolute Gasteiger partial charge is 0.476 e. The van der Waals surface area contributed by atoms with E-state index in [-0.39, 0.29) is 27.5 Å². The van der Waals surface area contributed by atoms with E-state index < -0.39 is 11.5 Å². The van der Waals surface area contributed by atoms with Crippen molar-refractivity contribution < 1.29 is 14.3 Å². The van der Waals surface area contributed by atoms with E-state index >= 15 is 0 Å². The van der Waals surface area contributed by atoms with E-state index in [1.807, 2.05) is 13.8 Å². The van der Waals surface area contributed by atoms with Gasteiger partial charge in [0.05, 0.1) is 5.02 Å². The van der Waals surface area contributed by atoms with Crippen LogP contribution < -0.4 is 10.5 Å². The quantitative estimate of drug-likeness (QED) is 0.920. The van der Waals surface area contributed by atoms with Crippen LogP contribution in [0.3, 0.4) is 0 Å². The zero-order chi connectivity index (χ0) is 15.9. The van der Waals surface area contributed by atoms with Crippen LogP contribution >= 0.6 is 23.2 Å². The molecular weight excluding hydrogens is 313 g/mol. The number of aryl methyl sites for hydroxylation is 1. The number of amides is 1. The Labute approximate surface area is 133 Å². The highest BCUT2D eigenvalue weighted by Crippen LogP contribution is 2.42. The van der Waals surface area contributed by atoms with Crippen molar-refractivity contribution in [2.45, 2.75) is 39.2 Å². The summed E-state index contributed by atoms with van der Waals surface area (Å²) >= 11 is 12.4. The maximum atomic E-state index is 11.8. The second-order valence-electron chi connectivity index (χ2n) is 5.69. The molecule has 6 heteroatoms. The molecule has 1 amide bonds. The molecule has 0 fully saturated rings. The molecule has 0 saturated heterocycles. The molecule has 0 aromatic heterocycles. The Kier molecular flexibility index (Phi) is 4.22. The number of fused-ring (bicyclic) bond motifs is 1. The highest BCUT2D eigenvalue weighted by Gasteiger charge is 2.39. The van der Waals surface area contributed by atoms with Crippen molar-refractivity contribution in [1.82, 2.24) is 0 Å². The van der Waals surface area contributed by atoms with Gasteiger partial charge in [-0.1, -0.05) is 37.0 Å². The molecule has 1 aliphatic carbocycles. The van der Waals surface area contributed by atoms with E-state index in [2.05, 4.69) is 0 Å². The highest BCUT2D eigenvalue weighted by molar-refractivity contribution is 6.45. The molecule has 114 valence electrons. The predicted molar refractivity (Wildman–Crippen MR) is 82.2 cm³/mol. The lowest BCUT2D eigenvalue weighted by Gasteiger charge is -2.32. The number of benzene rings is 1. The third-order valence-corrected chi connectivity index (χ3v) is 4.92. The van der Waals surface area contributed by atoms with Gasteiger partial charge in [-0.05, 0) is 25.0 Å². The van der Waals surface area contributed by atoms with Crippen molar-refractivity contribution in [2.24, 2.45) is 11.7 Å². The van der Waals surface area contributed by atoms with Gasteiger partial charge in [0.25, 0.3) is 5.91 Å². The first kappa shape index (κ1) is 16.1. The Morgan fingerprint density at radius 1 is 1.33 bits per heavy atom. The van der Waals surface area contributed by atoms with Crippen molar-refractivity contribution >= 4 is 34.9 Å². The fourth-order valence-electron chi connectivity index (χ4n) is 2.28. The number of carbonyl (C=O) groups is 2. The number of carbonyl (C=O) groups excluding carboxylic acids is 2. The van der Waals surface area contributed by atoms with Gasteiger partial charge in [-0.2, -0.15) is 0 Å². The van der Waals surface area contributed by atoms with E-state index in [1.165, 1.54) is 0 Å². The van der Waals surface area contributed by atoms with Crippen LogP contribution in [0.1, 0.15) is 43.1 Å². The number of nitrogens with two attached hydrogens (primary N) is 1. The summed E-state index contributed by atoms with van der Waals surface area (Å²) in [4.78, 5) is 23.5. The highest BCUT2D eigenvalue weighted by atomic mass is 35.5. The summed E-state index contributed by atoms with van der Waals surface area (Å²) in [5.74, 6) is -0.476. The smallest absolute Gasteiger partial charge is 0.261 e. The normalized spacial score (nSPS) is 16.8. The number of ether oxygens (including phenoxy) is 1. The molecule has 4 nitrogen and oxygen atoms in total. The molecule has 0 heterocycles. The minimum Gasteiger partial charge on any atom is -0.476 e. The summed E-state index contributed by atoms with van der Waals surface area (Å²) in [7, 11) is 0. The van der Waals surface area contributed by atoms with Crippen LogP contribution in [-0.4, -0.2) is 17.3 Å². The van der Waals surface area contributed by atoms with Gasteiger partial charge in [0.1, 0.15) is 10.8 Å². The SMILES string of the molecule is CC(C)C(C)(Oc1cc2c(c(Cl)c1Cl)C(=O)CC2)C(N)=O. The van der Waals surface area contributed by atoms with Gasteiger partial charge in [0.2, 0.25) is 0 Å². The fraction of sp³-hybridized carbons (Fsp3) is 0.467. The standard InChI is InChI=1S/C15H17Cl2NO3/c1-7(2)15(3,14(18)20)21-10-6-8-4-5-9(19)11(8)13(17)12(10)16/h6-7H,4-5H2,1-3H3,(H2,18,20). The summed E-state index contributed by atoms with van der Waals surface area (Å²) < 4.78 is 5.79. The number of Topliss-reactive ketones (excluding diaryl/α,β-unsaturated/α-hetero) is 1. The summed E-state index contributed by atoms with van der Waals surface area (Å²) in [6.45, 7) is 5.27. The van der Waals surface area contributed by atoms with Gasteiger partial charge in [-0.3, -0.25) is 9.59 Å². The van der Waals surface area contributed by atoms with Gasteiger partial charge in [0, 0.05) is 17.9 Å². The van der Waals surface area contributed by atoms with Gasteiger partial charge < -0.3 is 10.5 Å². The Bertz CT molecular complexity index is 628. The lowest BCUT2D eigenvalue weighted by Crippen LogP contribution is -2.50. The minimum atomic E-state index is -1.20. The number of halogens is 2. The molecule has 2 N–H and O–H groups in total. The molecule has 21 heavy (non-hydrogen) atoms. The predicted octanol–water partition coefficient (Wildman–Crippen LogP) is 3.40. The lowest BCUT2D eigenvalue weighted by atomic mass is 9.91. The first-order valence-electron chi connectivity index (χ1n) is 6.71. The number of ketones is 1. The van der Waals surface area contributed by atoms with Crippen molar-refractivity contribution in [2.75, 3.05) is 0 Å². The van der Waals surface area contributed by atoms with Gasteiger partial charge >= 0.3 is 0 Å². The van der Waals surface area contributed by atoms with Crippen molar-refractivity contribution in [3.05, 3.63) is 27.2 Å². The maximum absolute atomic E-state index is 11.8. The maximum Gasteiger partial charge on any atom is 0.261 e. The summed E-state index contributed by atoms with van der Waals surface area (Å²) in [5.41, 5.74) is 5.49. The Morgan fingerprint density at radius 3 is 2.48 bits per heavy atom. The van der Waals surface area contributed by atoms with Crippen LogP contribution in [0.15, 0.2) is 6.07 Å². The number of primary amides is 1. The van der Waals surface area contributed by atoms with Gasteiger partial charge in [0.15, 0.2) is 11.4 Å². The van der Waals surface area contributed by atoms with Crippen molar-refractivity contribution in [1.29, 1.82) is 0 Å². The number of hydrogen-bond donors (Lipinski definition) is 1.